The van der Waals surface area contributed by atoms with Crippen LogP contribution in [0.25, 0.3) is 0 Å². The number of benzene rings is 1. The van der Waals surface area contributed by atoms with E-state index in [0.29, 0.717) is 12.2 Å². The third kappa shape index (κ3) is 4.34. The minimum atomic E-state index is -3.97. The van der Waals surface area contributed by atoms with Crippen LogP contribution in [-0.2, 0) is 13.8 Å². The Balaban J connectivity index is 3.15. The van der Waals surface area contributed by atoms with Crippen molar-refractivity contribution in [2.24, 2.45) is 0 Å². The number of ether oxygens (including phenoxy) is 1. The molecule has 1 rings (SSSR count). The van der Waals surface area contributed by atoms with Gasteiger partial charge in [-0.05, 0) is 31.5 Å². The summed E-state index contributed by atoms with van der Waals surface area (Å²) < 4.78 is 27.8. The molecule has 0 heterocycles. The van der Waals surface area contributed by atoms with Gasteiger partial charge in [-0.3, -0.25) is 4.79 Å². The van der Waals surface area contributed by atoms with E-state index in [1.54, 1.807) is 6.92 Å². The Morgan fingerprint density at radius 3 is 2.55 bits per heavy atom. The van der Waals surface area contributed by atoms with E-state index in [2.05, 4.69) is 5.32 Å². The highest BCUT2D eigenvalue weighted by atomic mass is 35.7. The molecule has 1 amide bonds. The van der Waals surface area contributed by atoms with Gasteiger partial charge in [0, 0.05) is 34.4 Å². The van der Waals surface area contributed by atoms with E-state index in [9.17, 15) is 13.2 Å². The molecule has 1 atom stereocenters. The number of carbonyl (C=O) groups is 1. The van der Waals surface area contributed by atoms with E-state index in [0.717, 1.165) is 0 Å². The lowest BCUT2D eigenvalue weighted by atomic mass is 10.1. The Labute approximate surface area is 127 Å². The molecule has 20 heavy (non-hydrogen) atoms. The summed E-state index contributed by atoms with van der Waals surface area (Å²) in [5, 5.41) is 2.83. The van der Waals surface area contributed by atoms with Crippen molar-refractivity contribution >= 4 is 37.2 Å². The highest BCUT2D eigenvalue weighted by Gasteiger charge is 2.20. The van der Waals surface area contributed by atoms with Crippen LogP contribution < -0.4 is 5.32 Å². The summed E-state index contributed by atoms with van der Waals surface area (Å²) in [4.78, 5) is 11.8. The van der Waals surface area contributed by atoms with E-state index in [4.69, 9.17) is 27.0 Å². The fourth-order valence-corrected chi connectivity index (χ4v) is 3.14. The second-order valence-electron chi connectivity index (χ2n) is 4.35. The first-order valence-electron chi connectivity index (χ1n) is 5.71. The number of hydrogen-bond acceptors (Lipinski definition) is 4. The van der Waals surface area contributed by atoms with Crippen LogP contribution in [0, 0.1) is 6.92 Å². The van der Waals surface area contributed by atoms with Crippen LogP contribution in [0.4, 0.5) is 0 Å². The van der Waals surface area contributed by atoms with Gasteiger partial charge >= 0.3 is 0 Å². The number of hydrogen-bond donors (Lipinski definition) is 1. The van der Waals surface area contributed by atoms with Crippen molar-refractivity contribution in [2.75, 3.05) is 13.7 Å². The van der Waals surface area contributed by atoms with Crippen LogP contribution in [-0.4, -0.2) is 34.1 Å². The quantitative estimate of drug-likeness (QED) is 0.835. The maximum Gasteiger partial charge on any atom is 0.261 e. The average Bonchev–Trinajstić information content (AvgIpc) is 2.30. The maximum atomic E-state index is 12.0. The van der Waals surface area contributed by atoms with E-state index in [1.807, 2.05) is 0 Å². The first-order chi connectivity index (χ1) is 9.16. The lowest BCUT2D eigenvalue weighted by Crippen LogP contribution is -2.35. The van der Waals surface area contributed by atoms with Gasteiger partial charge in [0.2, 0.25) is 0 Å². The number of amides is 1. The molecule has 0 aromatic heterocycles. The van der Waals surface area contributed by atoms with Gasteiger partial charge in [0.15, 0.2) is 0 Å². The summed E-state index contributed by atoms with van der Waals surface area (Å²) in [6, 6.07) is 2.39. The van der Waals surface area contributed by atoms with Crippen molar-refractivity contribution in [3.63, 3.8) is 0 Å². The van der Waals surface area contributed by atoms with E-state index < -0.39 is 15.0 Å². The van der Waals surface area contributed by atoms with Gasteiger partial charge in [0.25, 0.3) is 15.0 Å². The standard InChI is InChI=1S/C12H15Cl2NO4S/c1-7(6-19-3)15-12(16)9-4-10(13)8(2)11(5-9)20(14,17)18/h4-5,7H,6H2,1-3H3,(H,15,16). The summed E-state index contributed by atoms with van der Waals surface area (Å²) in [6.45, 7) is 3.62. The molecule has 112 valence electrons. The lowest BCUT2D eigenvalue weighted by Gasteiger charge is -2.14. The number of halogens is 2. The largest absolute Gasteiger partial charge is 0.383 e. The van der Waals surface area contributed by atoms with Crippen LogP contribution in [0.15, 0.2) is 17.0 Å². The molecular formula is C12H15Cl2NO4S. The predicted molar refractivity (Wildman–Crippen MR) is 78.0 cm³/mol. The van der Waals surface area contributed by atoms with Gasteiger partial charge in [0.05, 0.1) is 11.5 Å². The van der Waals surface area contributed by atoms with E-state index >= 15 is 0 Å². The van der Waals surface area contributed by atoms with Gasteiger partial charge < -0.3 is 10.1 Å². The zero-order chi connectivity index (χ0) is 15.5. The molecule has 0 aliphatic rings. The molecule has 0 aliphatic heterocycles. The summed E-state index contributed by atoms with van der Waals surface area (Å²) in [6.07, 6.45) is 0. The molecule has 1 aromatic carbocycles. The molecule has 0 aliphatic carbocycles. The Kier molecular flexibility index (Phi) is 5.82. The van der Waals surface area contributed by atoms with Crippen LogP contribution in [0.2, 0.25) is 5.02 Å². The molecule has 0 fully saturated rings. The van der Waals surface area contributed by atoms with Gasteiger partial charge in [-0.25, -0.2) is 8.42 Å². The summed E-state index contributed by atoms with van der Waals surface area (Å²) in [5.41, 5.74) is 0.436. The minimum Gasteiger partial charge on any atom is -0.383 e. The van der Waals surface area contributed by atoms with Crippen molar-refractivity contribution in [3.8, 4) is 0 Å². The molecule has 5 nitrogen and oxygen atoms in total. The SMILES string of the molecule is COCC(C)NC(=O)c1cc(Cl)c(C)c(S(=O)(=O)Cl)c1. The zero-order valence-electron chi connectivity index (χ0n) is 11.2. The Morgan fingerprint density at radius 2 is 2.05 bits per heavy atom. The van der Waals surface area contributed by atoms with Crippen molar-refractivity contribution in [2.45, 2.75) is 24.8 Å². The maximum absolute atomic E-state index is 12.0. The molecule has 1 aromatic rings. The number of methoxy groups -OCH3 is 1. The Bertz CT molecular complexity index is 616. The third-order valence-electron chi connectivity index (χ3n) is 2.62. The lowest BCUT2D eigenvalue weighted by molar-refractivity contribution is 0.0905. The van der Waals surface area contributed by atoms with Crippen LogP contribution >= 0.6 is 22.3 Å². The van der Waals surface area contributed by atoms with E-state index in [-0.39, 0.29) is 21.5 Å². The molecule has 0 saturated carbocycles. The third-order valence-corrected chi connectivity index (χ3v) is 4.46. The van der Waals surface area contributed by atoms with Gasteiger partial charge in [-0.1, -0.05) is 11.6 Å². The smallest absolute Gasteiger partial charge is 0.261 e. The summed E-state index contributed by atoms with van der Waals surface area (Å²) in [5.74, 6) is -0.446. The molecule has 0 bridgehead atoms. The van der Waals surface area contributed by atoms with Gasteiger partial charge in [0.1, 0.15) is 0 Å². The van der Waals surface area contributed by atoms with E-state index in [1.165, 1.54) is 26.2 Å². The molecule has 1 N–H and O–H groups in total. The molecule has 1 unspecified atom stereocenters. The highest BCUT2D eigenvalue weighted by Crippen LogP contribution is 2.27. The fraction of sp³-hybridized carbons (Fsp3) is 0.417. The minimum absolute atomic E-state index is 0.128. The number of carbonyl (C=O) groups excluding carboxylic acids is 1. The summed E-state index contributed by atoms with van der Waals surface area (Å²) >= 11 is 5.94. The Hall–Kier alpha value is -0.820. The Morgan fingerprint density at radius 1 is 1.45 bits per heavy atom. The average molecular weight is 340 g/mol. The van der Waals surface area contributed by atoms with Crippen LogP contribution in [0.3, 0.4) is 0 Å². The first-order valence-corrected chi connectivity index (χ1v) is 8.40. The second kappa shape index (κ2) is 6.76. The normalized spacial score (nSPS) is 13.1. The molecule has 0 spiro atoms. The van der Waals surface area contributed by atoms with Crippen molar-refractivity contribution in [1.29, 1.82) is 0 Å². The molecule has 0 radical (unpaired) electrons. The number of nitrogens with one attached hydrogen (secondary N) is 1. The number of rotatable bonds is 5. The van der Waals surface area contributed by atoms with Crippen molar-refractivity contribution in [3.05, 3.63) is 28.3 Å². The molecule has 8 heteroatoms. The van der Waals surface area contributed by atoms with Gasteiger partial charge in [-0.15, -0.1) is 0 Å². The zero-order valence-corrected chi connectivity index (χ0v) is 13.6. The highest BCUT2D eigenvalue weighted by molar-refractivity contribution is 8.13. The van der Waals surface area contributed by atoms with Crippen molar-refractivity contribution in [1.82, 2.24) is 5.32 Å². The van der Waals surface area contributed by atoms with Crippen LogP contribution in [0.1, 0.15) is 22.8 Å². The van der Waals surface area contributed by atoms with Crippen LogP contribution in [0.5, 0.6) is 0 Å². The van der Waals surface area contributed by atoms with Gasteiger partial charge in [-0.2, -0.15) is 0 Å². The monoisotopic (exact) mass is 339 g/mol. The topological polar surface area (TPSA) is 72.5 Å². The summed E-state index contributed by atoms with van der Waals surface area (Å²) in [7, 11) is 2.88. The second-order valence-corrected chi connectivity index (χ2v) is 7.29. The molecular weight excluding hydrogens is 325 g/mol. The predicted octanol–water partition coefficient (Wildman–Crippen LogP) is 2.34. The fourth-order valence-electron chi connectivity index (χ4n) is 1.64. The first kappa shape index (κ1) is 17.2. The molecule has 0 saturated heterocycles. The van der Waals surface area contributed by atoms with Crippen molar-refractivity contribution < 1.29 is 17.9 Å².